The first-order valence-electron chi connectivity index (χ1n) is 11.1. The summed E-state index contributed by atoms with van der Waals surface area (Å²) >= 11 is 0. The highest BCUT2D eigenvalue weighted by atomic mass is 16.5. The van der Waals surface area contributed by atoms with Crippen molar-refractivity contribution in [3.63, 3.8) is 0 Å². The lowest BCUT2D eigenvalue weighted by Crippen LogP contribution is -2.47. The van der Waals surface area contributed by atoms with Crippen LogP contribution < -0.4 is 4.74 Å². The van der Waals surface area contributed by atoms with E-state index in [2.05, 4.69) is 6.07 Å². The molecule has 1 N–H and O–H groups in total. The molecule has 0 radical (unpaired) electrons. The summed E-state index contributed by atoms with van der Waals surface area (Å²) in [5.74, 6) is -0.441. The zero-order valence-corrected chi connectivity index (χ0v) is 18.6. The summed E-state index contributed by atoms with van der Waals surface area (Å²) in [7, 11) is 1.59. The number of benzene rings is 3. The number of furan rings is 1. The number of rotatable bonds is 5. The molecule has 0 aliphatic heterocycles. The van der Waals surface area contributed by atoms with Gasteiger partial charge in [0.2, 0.25) is 0 Å². The second-order valence-corrected chi connectivity index (χ2v) is 8.46. The zero-order chi connectivity index (χ0) is 23.7. The number of carbonyl (C=O) groups is 1. The van der Waals surface area contributed by atoms with Crippen LogP contribution in [-0.2, 0) is 0 Å². The second kappa shape index (κ2) is 8.66. The Hall–Kier alpha value is -4.14. The lowest BCUT2D eigenvalue weighted by Gasteiger charge is -2.45. The molecule has 1 heterocycles. The molecule has 0 saturated carbocycles. The Labute approximate surface area is 197 Å². The lowest BCUT2D eigenvalue weighted by atomic mass is 9.54. The molecule has 0 bridgehead atoms. The number of nitrogens with zero attached hydrogens (tertiary/aromatic N) is 1. The number of ketones is 1. The molecule has 0 fully saturated rings. The maximum atomic E-state index is 14.1. The molecule has 5 nitrogen and oxygen atoms in total. The molecule has 5 heteroatoms. The Morgan fingerprint density at radius 2 is 1.65 bits per heavy atom. The van der Waals surface area contributed by atoms with E-state index in [4.69, 9.17) is 9.15 Å². The fraction of sp³-hybridized carbons (Fsp3) is 0.172. The molecule has 0 saturated heterocycles. The van der Waals surface area contributed by atoms with Gasteiger partial charge in [-0.2, -0.15) is 5.26 Å². The van der Waals surface area contributed by atoms with E-state index in [0.29, 0.717) is 22.6 Å². The molecule has 4 atom stereocenters. The highest BCUT2D eigenvalue weighted by Crippen LogP contribution is 2.60. The predicted octanol–water partition coefficient (Wildman–Crippen LogP) is 5.64. The van der Waals surface area contributed by atoms with Gasteiger partial charge < -0.3 is 14.3 Å². The fourth-order valence-electron chi connectivity index (χ4n) is 5.21. The van der Waals surface area contributed by atoms with E-state index < -0.39 is 29.1 Å². The summed E-state index contributed by atoms with van der Waals surface area (Å²) in [5.41, 5.74) is 0.637. The van der Waals surface area contributed by atoms with E-state index in [1.54, 1.807) is 37.4 Å². The number of methoxy groups -OCH3 is 1. The molecule has 168 valence electrons. The largest absolute Gasteiger partial charge is 0.497 e. The van der Waals surface area contributed by atoms with Crippen molar-refractivity contribution in [3.05, 3.63) is 125 Å². The summed E-state index contributed by atoms with van der Waals surface area (Å²) in [6, 6.07) is 29.6. The van der Waals surface area contributed by atoms with Gasteiger partial charge in [-0.15, -0.1) is 0 Å². The maximum Gasteiger partial charge on any atom is 0.186 e. The van der Waals surface area contributed by atoms with Gasteiger partial charge in [-0.3, -0.25) is 4.79 Å². The monoisotopic (exact) mass is 449 g/mol. The van der Waals surface area contributed by atoms with Crippen molar-refractivity contribution in [2.75, 3.05) is 7.11 Å². The van der Waals surface area contributed by atoms with Crippen molar-refractivity contribution in [2.45, 2.75) is 17.9 Å². The number of hydrogen-bond acceptors (Lipinski definition) is 5. The van der Waals surface area contributed by atoms with Gasteiger partial charge in [-0.05, 0) is 29.3 Å². The highest BCUT2D eigenvalue weighted by Gasteiger charge is 2.60. The van der Waals surface area contributed by atoms with Crippen molar-refractivity contribution in [1.82, 2.24) is 0 Å². The Morgan fingerprint density at radius 1 is 0.971 bits per heavy atom. The number of aliphatic hydroxyl groups is 1. The number of carbonyl (C=O) groups excluding carboxylic acids is 1. The molecule has 0 unspecified atom stereocenters. The van der Waals surface area contributed by atoms with Gasteiger partial charge in [-0.1, -0.05) is 72.8 Å². The maximum absolute atomic E-state index is 14.1. The van der Waals surface area contributed by atoms with E-state index in [0.717, 1.165) is 11.1 Å². The first-order valence-corrected chi connectivity index (χ1v) is 11.1. The van der Waals surface area contributed by atoms with Crippen LogP contribution in [0.5, 0.6) is 5.75 Å². The van der Waals surface area contributed by atoms with E-state index in [9.17, 15) is 15.2 Å². The molecule has 3 aromatic carbocycles. The standard InChI is InChI=1S/C29H23NO4/c1-33-22-14-8-13-21(17-22)24-25(19-9-4-2-5-10-19)29(18-30,27(31)20-11-6-3-7-12-20)28(32)23-15-16-34-26(23)24/h2-17,24-25,28,32H,1H3/t24-,25-,28+,29-/m0/s1. The Kier molecular flexibility index (Phi) is 5.53. The predicted molar refractivity (Wildman–Crippen MR) is 127 cm³/mol. The smallest absolute Gasteiger partial charge is 0.186 e. The van der Waals surface area contributed by atoms with Crippen molar-refractivity contribution in [3.8, 4) is 11.8 Å². The van der Waals surface area contributed by atoms with Crippen LogP contribution in [0.2, 0.25) is 0 Å². The molecule has 0 spiro atoms. The normalized spacial score (nSPS) is 23.5. The van der Waals surface area contributed by atoms with Gasteiger partial charge in [0.15, 0.2) is 11.2 Å². The van der Waals surface area contributed by atoms with Gasteiger partial charge >= 0.3 is 0 Å². The van der Waals surface area contributed by atoms with E-state index in [-0.39, 0.29) is 0 Å². The second-order valence-electron chi connectivity index (χ2n) is 8.46. The van der Waals surface area contributed by atoms with Crippen LogP contribution in [-0.4, -0.2) is 18.0 Å². The molecule has 34 heavy (non-hydrogen) atoms. The van der Waals surface area contributed by atoms with Crippen LogP contribution >= 0.6 is 0 Å². The molecule has 5 rings (SSSR count). The van der Waals surface area contributed by atoms with Crippen LogP contribution in [0, 0.1) is 16.7 Å². The molecule has 0 amide bonds. The van der Waals surface area contributed by atoms with Gasteiger partial charge in [-0.25, -0.2) is 0 Å². The minimum Gasteiger partial charge on any atom is -0.497 e. The third-order valence-corrected chi connectivity index (χ3v) is 6.77. The van der Waals surface area contributed by atoms with Gasteiger partial charge in [0, 0.05) is 17.0 Å². The van der Waals surface area contributed by atoms with Crippen LogP contribution in [0.3, 0.4) is 0 Å². The highest BCUT2D eigenvalue weighted by molar-refractivity contribution is 6.04. The average Bonchev–Trinajstić information content (AvgIpc) is 3.39. The third-order valence-electron chi connectivity index (χ3n) is 6.77. The summed E-state index contributed by atoms with van der Waals surface area (Å²) in [4.78, 5) is 14.1. The summed E-state index contributed by atoms with van der Waals surface area (Å²) in [6.45, 7) is 0. The SMILES string of the molecule is COc1cccc([C@@H]2c3occc3[C@@H](O)[C@](C#N)(C(=O)c3ccccc3)[C@H]2c2ccccc2)c1. The van der Waals surface area contributed by atoms with Crippen molar-refractivity contribution in [1.29, 1.82) is 5.26 Å². The number of hydrogen-bond donors (Lipinski definition) is 1. The van der Waals surface area contributed by atoms with Crippen molar-refractivity contribution in [2.24, 2.45) is 5.41 Å². The van der Waals surface area contributed by atoms with E-state index in [1.165, 1.54) is 6.26 Å². The average molecular weight is 450 g/mol. The first-order chi connectivity index (χ1) is 16.6. The Bertz CT molecular complexity index is 1360. The summed E-state index contributed by atoms with van der Waals surface area (Å²) in [6.07, 6.45) is 0.134. The van der Waals surface area contributed by atoms with E-state index >= 15 is 0 Å². The van der Waals surface area contributed by atoms with Crippen LogP contribution in [0.25, 0.3) is 0 Å². The van der Waals surface area contributed by atoms with Gasteiger partial charge in [0.1, 0.15) is 17.6 Å². The molecular weight excluding hydrogens is 426 g/mol. The number of fused-ring (bicyclic) bond motifs is 1. The minimum atomic E-state index is -1.78. The number of nitriles is 1. The van der Waals surface area contributed by atoms with Crippen LogP contribution in [0.4, 0.5) is 0 Å². The quantitative estimate of drug-likeness (QED) is 0.399. The molecule has 1 aromatic heterocycles. The van der Waals surface area contributed by atoms with Crippen molar-refractivity contribution >= 4 is 5.78 Å². The van der Waals surface area contributed by atoms with Crippen molar-refractivity contribution < 1.29 is 19.1 Å². The lowest BCUT2D eigenvalue weighted by molar-refractivity contribution is 0.0229. The van der Waals surface area contributed by atoms with Gasteiger partial charge in [0.25, 0.3) is 0 Å². The molecule has 1 aliphatic rings. The topological polar surface area (TPSA) is 83.5 Å². The molecule has 4 aromatic rings. The zero-order valence-electron chi connectivity index (χ0n) is 18.6. The third kappa shape index (κ3) is 3.23. The fourth-order valence-corrected chi connectivity index (χ4v) is 5.21. The number of ether oxygens (including phenoxy) is 1. The minimum absolute atomic E-state index is 0.375. The molecular formula is C29H23NO4. The van der Waals surface area contributed by atoms with E-state index in [1.807, 2.05) is 60.7 Å². The number of Topliss-reactive ketones (excluding diaryl/α,β-unsaturated/α-hetero) is 1. The molecule has 1 aliphatic carbocycles. The number of aliphatic hydroxyl groups excluding tert-OH is 1. The summed E-state index contributed by atoms with van der Waals surface area (Å²) < 4.78 is 11.4. The first kappa shape index (κ1) is 21.7. The Morgan fingerprint density at radius 3 is 2.32 bits per heavy atom. The van der Waals surface area contributed by atoms with Gasteiger partial charge in [0.05, 0.1) is 25.4 Å². The van der Waals surface area contributed by atoms with Crippen LogP contribution in [0.15, 0.2) is 102 Å². The summed E-state index contributed by atoms with van der Waals surface area (Å²) in [5, 5.41) is 22.4. The Balaban J connectivity index is 1.83. The van der Waals surface area contributed by atoms with Crippen LogP contribution in [0.1, 0.15) is 50.7 Å².